The maximum atomic E-state index is 12.7. The van der Waals surface area contributed by atoms with E-state index >= 15 is 0 Å². The Morgan fingerprint density at radius 2 is 2.28 bits per heavy atom. The number of aromatic nitrogens is 2. The average molecular weight is 359 g/mol. The lowest BCUT2D eigenvalue weighted by molar-refractivity contribution is -0.134. The summed E-state index contributed by atoms with van der Waals surface area (Å²) in [4.78, 5) is 18.9. The summed E-state index contributed by atoms with van der Waals surface area (Å²) < 4.78 is 10.5. The Morgan fingerprint density at radius 3 is 2.96 bits per heavy atom. The lowest BCUT2D eigenvalue weighted by atomic mass is 10.1. The molecule has 7 heteroatoms. The highest BCUT2D eigenvalue weighted by molar-refractivity contribution is 7.07. The Morgan fingerprint density at radius 1 is 1.40 bits per heavy atom. The van der Waals surface area contributed by atoms with Crippen molar-refractivity contribution in [2.45, 2.75) is 45.7 Å². The van der Waals surface area contributed by atoms with Crippen molar-refractivity contribution < 1.29 is 13.7 Å². The van der Waals surface area contributed by atoms with Gasteiger partial charge >= 0.3 is 0 Å². The average Bonchev–Trinajstić information content (AvgIpc) is 3.38. The molecule has 0 fully saturated rings. The van der Waals surface area contributed by atoms with Crippen LogP contribution in [0.5, 0.6) is 0 Å². The summed E-state index contributed by atoms with van der Waals surface area (Å²) in [7, 11) is 0. The maximum Gasteiger partial charge on any atom is 0.238 e. The number of rotatable bonds is 8. The largest absolute Gasteiger partial charge is 0.461 e. The van der Waals surface area contributed by atoms with Gasteiger partial charge in [-0.3, -0.25) is 4.79 Å². The molecule has 6 nitrogen and oxygen atoms in total. The molecule has 0 saturated heterocycles. The highest BCUT2D eigenvalue weighted by Crippen LogP contribution is 2.18. The van der Waals surface area contributed by atoms with Crippen LogP contribution < -0.4 is 0 Å². The molecule has 0 unspecified atom stereocenters. The molecular weight excluding hydrogens is 338 g/mol. The van der Waals surface area contributed by atoms with Gasteiger partial charge in [0.15, 0.2) is 5.76 Å². The highest BCUT2D eigenvalue weighted by Gasteiger charge is 2.20. The van der Waals surface area contributed by atoms with Crippen LogP contribution in [0.3, 0.4) is 0 Å². The van der Waals surface area contributed by atoms with Crippen molar-refractivity contribution >= 4 is 17.2 Å². The van der Waals surface area contributed by atoms with Crippen molar-refractivity contribution in [3.8, 4) is 11.6 Å². The quantitative estimate of drug-likeness (QED) is 0.604. The van der Waals surface area contributed by atoms with Gasteiger partial charge in [-0.1, -0.05) is 12.1 Å². The van der Waals surface area contributed by atoms with E-state index in [9.17, 15) is 4.79 Å². The van der Waals surface area contributed by atoms with E-state index in [2.05, 4.69) is 35.4 Å². The number of aryl methyl sites for hydroxylation is 1. The first-order valence-electron chi connectivity index (χ1n) is 8.34. The molecule has 3 heterocycles. The summed E-state index contributed by atoms with van der Waals surface area (Å²) in [6, 6.07) is 5.78. The molecule has 0 aliphatic carbocycles. The van der Waals surface area contributed by atoms with Crippen LogP contribution in [0.1, 0.15) is 38.1 Å². The van der Waals surface area contributed by atoms with Gasteiger partial charge in [0, 0.05) is 25.4 Å². The van der Waals surface area contributed by atoms with Crippen LogP contribution in [0.25, 0.3) is 11.6 Å². The number of hydrogen-bond acceptors (Lipinski definition) is 6. The zero-order valence-electron chi connectivity index (χ0n) is 14.3. The molecule has 0 aliphatic rings. The second-order valence-corrected chi connectivity index (χ2v) is 6.68. The monoisotopic (exact) mass is 359 g/mol. The summed E-state index contributed by atoms with van der Waals surface area (Å²) in [5.74, 6) is 1.50. The first-order valence-corrected chi connectivity index (χ1v) is 9.28. The molecule has 0 radical (unpaired) electrons. The number of furan rings is 1. The Hall–Kier alpha value is -2.41. The fourth-order valence-electron chi connectivity index (χ4n) is 2.51. The number of carbonyl (C=O) groups is 1. The fourth-order valence-corrected chi connectivity index (χ4v) is 3.17. The Kier molecular flexibility index (Phi) is 5.65. The zero-order valence-corrected chi connectivity index (χ0v) is 15.2. The molecule has 1 amide bonds. The molecule has 0 N–H and O–H groups in total. The molecule has 1 atom stereocenters. The van der Waals surface area contributed by atoms with Crippen molar-refractivity contribution in [1.82, 2.24) is 15.0 Å². The molecule has 3 aromatic rings. The van der Waals surface area contributed by atoms with Crippen molar-refractivity contribution in [3.05, 3.63) is 46.7 Å². The van der Waals surface area contributed by atoms with E-state index in [1.807, 2.05) is 10.3 Å². The molecule has 25 heavy (non-hydrogen) atoms. The van der Waals surface area contributed by atoms with Gasteiger partial charge in [0.25, 0.3) is 0 Å². The van der Waals surface area contributed by atoms with Crippen LogP contribution in [-0.4, -0.2) is 27.0 Å². The SMILES string of the molecule is CC[C@@H](C)N(Cc1ccsc1)C(=O)CCc1nc(-c2ccco2)no1. The second kappa shape index (κ2) is 8.11. The minimum Gasteiger partial charge on any atom is -0.461 e. The third-order valence-electron chi connectivity index (χ3n) is 4.14. The van der Waals surface area contributed by atoms with E-state index in [1.165, 1.54) is 0 Å². The molecule has 0 aliphatic heterocycles. The minimum absolute atomic E-state index is 0.0956. The summed E-state index contributed by atoms with van der Waals surface area (Å²) in [6.07, 6.45) is 3.24. The van der Waals surface area contributed by atoms with Crippen LogP contribution in [-0.2, 0) is 17.8 Å². The third kappa shape index (κ3) is 4.36. The summed E-state index contributed by atoms with van der Waals surface area (Å²) in [5.41, 5.74) is 1.16. The normalized spacial score (nSPS) is 12.2. The van der Waals surface area contributed by atoms with Gasteiger partial charge < -0.3 is 13.8 Å². The van der Waals surface area contributed by atoms with Crippen LogP contribution in [0.15, 0.2) is 44.2 Å². The van der Waals surface area contributed by atoms with Crippen LogP contribution in [0, 0.1) is 0 Å². The number of amides is 1. The molecule has 3 aromatic heterocycles. The third-order valence-corrected chi connectivity index (χ3v) is 4.87. The van der Waals surface area contributed by atoms with E-state index in [1.54, 1.807) is 29.7 Å². The minimum atomic E-state index is 0.0956. The number of nitrogens with zero attached hydrogens (tertiary/aromatic N) is 3. The molecular formula is C18H21N3O3S. The zero-order chi connectivity index (χ0) is 17.6. The van der Waals surface area contributed by atoms with Gasteiger partial charge in [-0.05, 0) is 47.9 Å². The van der Waals surface area contributed by atoms with Crippen LogP contribution >= 0.6 is 11.3 Å². The maximum absolute atomic E-state index is 12.7. The molecule has 132 valence electrons. The van der Waals surface area contributed by atoms with Gasteiger partial charge in [0.1, 0.15) is 0 Å². The Bertz CT molecular complexity index is 780. The Labute approximate surface area is 150 Å². The van der Waals surface area contributed by atoms with E-state index in [4.69, 9.17) is 8.94 Å². The van der Waals surface area contributed by atoms with Crippen molar-refractivity contribution in [2.75, 3.05) is 0 Å². The predicted octanol–water partition coefficient (Wildman–Crippen LogP) is 4.15. The summed E-state index contributed by atoms with van der Waals surface area (Å²) >= 11 is 1.64. The predicted molar refractivity (Wildman–Crippen MR) is 94.9 cm³/mol. The topological polar surface area (TPSA) is 72.4 Å². The molecule has 3 rings (SSSR count). The first kappa shape index (κ1) is 17.4. The van der Waals surface area contributed by atoms with Gasteiger partial charge in [-0.2, -0.15) is 16.3 Å². The molecule has 0 bridgehead atoms. The highest BCUT2D eigenvalue weighted by atomic mass is 32.1. The van der Waals surface area contributed by atoms with Crippen molar-refractivity contribution in [3.63, 3.8) is 0 Å². The van der Waals surface area contributed by atoms with Gasteiger partial charge in [-0.25, -0.2) is 0 Å². The van der Waals surface area contributed by atoms with Crippen molar-refractivity contribution in [2.24, 2.45) is 0 Å². The lowest BCUT2D eigenvalue weighted by Crippen LogP contribution is -2.37. The molecule has 0 saturated carbocycles. The van der Waals surface area contributed by atoms with Gasteiger partial charge in [-0.15, -0.1) is 0 Å². The summed E-state index contributed by atoms with van der Waals surface area (Å²) in [6.45, 7) is 4.80. The summed E-state index contributed by atoms with van der Waals surface area (Å²) in [5, 5.41) is 8.00. The second-order valence-electron chi connectivity index (χ2n) is 5.90. The van der Waals surface area contributed by atoms with Crippen molar-refractivity contribution in [1.29, 1.82) is 0 Å². The van der Waals surface area contributed by atoms with E-state index < -0.39 is 0 Å². The molecule has 0 spiro atoms. The van der Waals surface area contributed by atoms with Crippen LogP contribution in [0.2, 0.25) is 0 Å². The van der Waals surface area contributed by atoms with Gasteiger partial charge in [0.05, 0.1) is 6.26 Å². The smallest absolute Gasteiger partial charge is 0.238 e. The molecule has 0 aromatic carbocycles. The Balaban J connectivity index is 1.61. The standard InChI is InChI=1S/C18H21N3O3S/c1-3-13(2)21(11-14-8-10-25-12-14)17(22)7-6-16-19-18(20-24-16)15-5-4-9-23-15/h4-5,8-10,12-13H,3,6-7,11H2,1-2H3/t13-/m1/s1. The fraction of sp³-hybridized carbons (Fsp3) is 0.389. The number of carbonyl (C=O) groups excluding carboxylic acids is 1. The van der Waals surface area contributed by atoms with Gasteiger partial charge in [0.2, 0.25) is 17.6 Å². The van der Waals surface area contributed by atoms with E-state index in [0.29, 0.717) is 36.9 Å². The lowest BCUT2D eigenvalue weighted by Gasteiger charge is -2.28. The van der Waals surface area contributed by atoms with E-state index in [0.717, 1.165) is 12.0 Å². The first-order chi connectivity index (χ1) is 12.2. The van der Waals surface area contributed by atoms with Crippen LogP contribution in [0.4, 0.5) is 0 Å². The number of hydrogen-bond donors (Lipinski definition) is 0. The number of thiophene rings is 1. The van der Waals surface area contributed by atoms with E-state index in [-0.39, 0.29) is 11.9 Å².